The van der Waals surface area contributed by atoms with Gasteiger partial charge in [-0.25, -0.2) is 0 Å². The highest BCUT2D eigenvalue weighted by Gasteiger charge is 2.28. The number of benzene rings is 1. The summed E-state index contributed by atoms with van der Waals surface area (Å²) in [4.78, 5) is 0. The second kappa shape index (κ2) is 5.71. The third kappa shape index (κ3) is 2.61. The first-order chi connectivity index (χ1) is 9.29. The molecule has 1 heterocycles. The molecule has 3 rings (SSSR count). The Bertz CT molecular complexity index is 458. The van der Waals surface area contributed by atoms with E-state index in [4.69, 9.17) is 9.47 Å². The molecule has 1 aromatic carbocycles. The normalized spacial score (nSPS) is 20.5. The van der Waals surface area contributed by atoms with Crippen LogP contribution in [-0.4, -0.2) is 20.3 Å². The molecule has 3 nitrogen and oxygen atoms in total. The monoisotopic (exact) mass is 325 g/mol. The van der Waals surface area contributed by atoms with Crippen molar-refractivity contribution in [2.24, 2.45) is 5.92 Å². The van der Waals surface area contributed by atoms with E-state index >= 15 is 0 Å². The summed E-state index contributed by atoms with van der Waals surface area (Å²) < 4.78 is 12.4. The van der Waals surface area contributed by atoms with E-state index in [0.29, 0.717) is 19.3 Å². The Kier molecular flexibility index (Phi) is 3.99. The molecule has 1 aromatic rings. The lowest BCUT2D eigenvalue weighted by Gasteiger charge is -2.27. The van der Waals surface area contributed by atoms with Crippen molar-refractivity contribution in [3.8, 4) is 11.5 Å². The molecule has 1 fully saturated rings. The molecule has 0 aromatic heterocycles. The number of halogens is 1. The van der Waals surface area contributed by atoms with Crippen molar-refractivity contribution in [2.45, 2.75) is 31.7 Å². The summed E-state index contributed by atoms with van der Waals surface area (Å²) in [5, 5.41) is 3.48. The van der Waals surface area contributed by atoms with Gasteiger partial charge in [-0.3, -0.25) is 0 Å². The Labute approximate surface area is 122 Å². The van der Waals surface area contributed by atoms with Crippen LogP contribution in [0.5, 0.6) is 11.5 Å². The second-order valence-electron chi connectivity index (χ2n) is 5.33. The van der Waals surface area contributed by atoms with Crippen LogP contribution in [0, 0.1) is 5.92 Å². The third-order valence-electron chi connectivity index (χ3n) is 4.18. The van der Waals surface area contributed by atoms with Gasteiger partial charge < -0.3 is 14.8 Å². The zero-order chi connectivity index (χ0) is 13.2. The second-order valence-corrected chi connectivity index (χ2v) is 6.18. The van der Waals surface area contributed by atoms with Gasteiger partial charge in [0.25, 0.3) is 0 Å². The van der Waals surface area contributed by atoms with Crippen LogP contribution in [0.2, 0.25) is 0 Å². The first-order valence-corrected chi connectivity index (χ1v) is 7.85. The van der Waals surface area contributed by atoms with Gasteiger partial charge in [-0.1, -0.05) is 28.8 Å². The summed E-state index contributed by atoms with van der Waals surface area (Å²) in [7, 11) is 2.05. The highest BCUT2D eigenvalue weighted by molar-refractivity contribution is 9.10. The standard InChI is InChI=1S/C15H20BrNO2/c1-17-15(10-4-2-3-5-10)11-8-13-14(9-12(11)16)19-7-6-18-13/h8-10,15,17H,2-7H2,1H3. The molecule has 19 heavy (non-hydrogen) atoms. The molecule has 1 atom stereocenters. The average Bonchev–Trinajstić information content (AvgIpc) is 2.94. The highest BCUT2D eigenvalue weighted by Crippen LogP contribution is 2.42. The van der Waals surface area contributed by atoms with Crippen LogP contribution in [0.25, 0.3) is 0 Å². The summed E-state index contributed by atoms with van der Waals surface area (Å²) in [5.74, 6) is 2.45. The summed E-state index contributed by atoms with van der Waals surface area (Å²) in [6.45, 7) is 1.28. The predicted octanol–water partition coefficient (Wildman–Crippen LogP) is 3.67. The number of rotatable bonds is 3. The lowest BCUT2D eigenvalue weighted by atomic mass is 9.91. The predicted molar refractivity (Wildman–Crippen MR) is 78.9 cm³/mol. The van der Waals surface area contributed by atoms with Crippen LogP contribution < -0.4 is 14.8 Å². The van der Waals surface area contributed by atoms with Crippen molar-refractivity contribution in [1.29, 1.82) is 0 Å². The molecule has 0 bridgehead atoms. The number of nitrogens with one attached hydrogen (secondary N) is 1. The molecule has 104 valence electrons. The average molecular weight is 326 g/mol. The maximum Gasteiger partial charge on any atom is 0.162 e. The third-order valence-corrected chi connectivity index (χ3v) is 4.87. The van der Waals surface area contributed by atoms with Gasteiger partial charge in [-0.15, -0.1) is 0 Å². The zero-order valence-corrected chi connectivity index (χ0v) is 12.8. The van der Waals surface area contributed by atoms with Gasteiger partial charge in [0.15, 0.2) is 11.5 Å². The van der Waals surface area contributed by atoms with Gasteiger partial charge in [0.05, 0.1) is 0 Å². The number of hydrogen-bond donors (Lipinski definition) is 1. The van der Waals surface area contributed by atoms with E-state index in [2.05, 4.69) is 27.3 Å². The van der Waals surface area contributed by atoms with Gasteiger partial charge >= 0.3 is 0 Å². The summed E-state index contributed by atoms with van der Waals surface area (Å²) >= 11 is 3.69. The summed E-state index contributed by atoms with van der Waals surface area (Å²) in [6, 6.07) is 4.58. The molecule has 0 amide bonds. The molecule has 1 aliphatic heterocycles. The SMILES string of the molecule is CNC(c1cc2c(cc1Br)OCCO2)C1CCCC1. The Balaban J connectivity index is 1.93. The van der Waals surface area contributed by atoms with Crippen molar-refractivity contribution < 1.29 is 9.47 Å². The molecule has 2 aliphatic rings. The van der Waals surface area contributed by atoms with Crippen molar-refractivity contribution >= 4 is 15.9 Å². The Morgan fingerprint density at radius 1 is 1.16 bits per heavy atom. The van der Waals surface area contributed by atoms with Gasteiger partial charge in [0, 0.05) is 10.5 Å². The quantitative estimate of drug-likeness (QED) is 0.919. The molecule has 1 saturated carbocycles. The molecular weight excluding hydrogens is 306 g/mol. The molecule has 4 heteroatoms. The van der Waals surface area contributed by atoms with E-state index in [-0.39, 0.29) is 0 Å². The Hall–Kier alpha value is -0.740. The van der Waals surface area contributed by atoms with Crippen LogP contribution in [0.15, 0.2) is 16.6 Å². The van der Waals surface area contributed by atoms with E-state index < -0.39 is 0 Å². The summed E-state index contributed by atoms with van der Waals surface area (Å²) in [5.41, 5.74) is 1.29. The molecule has 1 N–H and O–H groups in total. The van der Waals surface area contributed by atoms with Gasteiger partial charge in [-0.05, 0) is 43.5 Å². The Morgan fingerprint density at radius 2 is 1.79 bits per heavy atom. The van der Waals surface area contributed by atoms with E-state index in [9.17, 15) is 0 Å². The largest absolute Gasteiger partial charge is 0.486 e. The maximum absolute atomic E-state index is 5.70. The fraction of sp³-hybridized carbons (Fsp3) is 0.600. The maximum atomic E-state index is 5.70. The molecule has 1 aliphatic carbocycles. The lowest BCUT2D eigenvalue weighted by Crippen LogP contribution is -2.24. The molecule has 0 saturated heterocycles. The van der Waals surface area contributed by atoms with Gasteiger partial charge in [0.2, 0.25) is 0 Å². The number of fused-ring (bicyclic) bond motifs is 1. The van der Waals surface area contributed by atoms with Crippen molar-refractivity contribution in [1.82, 2.24) is 5.32 Å². The van der Waals surface area contributed by atoms with Gasteiger partial charge in [0.1, 0.15) is 13.2 Å². The van der Waals surface area contributed by atoms with Crippen molar-refractivity contribution in [2.75, 3.05) is 20.3 Å². The first kappa shape index (κ1) is 13.3. The van der Waals surface area contributed by atoms with Crippen LogP contribution in [-0.2, 0) is 0 Å². The van der Waals surface area contributed by atoms with Gasteiger partial charge in [-0.2, -0.15) is 0 Å². The number of hydrogen-bond acceptors (Lipinski definition) is 3. The molecule has 0 spiro atoms. The van der Waals surface area contributed by atoms with E-state index in [0.717, 1.165) is 21.9 Å². The highest BCUT2D eigenvalue weighted by atomic mass is 79.9. The summed E-state index contributed by atoms with van der Waals surface area (Å²) in [6.07, 6.45) is 5.33. The zero-order valence-electron chi connectivity index (χ0n) is 11.2. The van der Waals surface area contributed by atoms with Crippen LogP contribution in [0.4, 0.5) is 0 Å². The minimum atomic E-state index is 0.396. The Morgan fingerprint density at radius 3 is 2.42 bits per heavy atom. The fourth-order valence-corrected chi connectivity index (χ4v) is 3.82. The van der Waals surface area contributed by atoms with Crippen molar-refractivity contribution in [3.05, 3.63) is 22.2 Å². The fourth-order valence-electron chi connectivity index (χ4n) is 3.25. The topological polar surface area (TPSA) is 30.5 Å². The van der Waals surface area contributed by atoms with E-state index in [1.54, 1.807) is 0 Å². The molecule has 0 radical (unpaired) electrons. The van der Waals surface area contributed by atoms with Crippen molar-refractivity contribution in [3.63, 3.8) is 0 Å². The minimum absolute atomic E-state index is 0.396. The van der Waals surface area contributed by atoms with Crippen LogP contribution in [0.3, 0.4) is 0 Å². The molecule has 1 unspecified atom stereocenters. The van der Waals surface area contributed by atoms with E-state index in [1.807, 2.05) is 13.1 Å². The van der Waals surface area contributed by atoms with E-state index in [1.165, 1.54) is 31.2 Å². The number of ether oxygens (including phenoxy) is 2. The smallest absolute Gasteiger partial charge is 0.162 e. The van der Waals surface area contributed by atoms with Crippen LogP contribution in [0.1, 0.15) is 37.3 Å². The van der Waals surface area contributed by atoms with Crippen LogP contribution >= 0.6 is 15.9 Å². The first-order valence-electron chi connectivity index (χ1n) is 7.06. The minimum Gasteiger partial charge on any atom is -0.486 e. The lowest BCUT2D eigenvalue weighted by molar-refractivity contribution is 0.171. The molecular formula is C15H20BrNO2.